The fraction of sp³-hybridized carbons (Fsp3) is 0.286. The summed E-state index contributed by atoms with van der Waals surface area (Å²) in [6, 6.07) is 16.1. The summed E-state index contributed by atoms with van der Waals surface area (Å²) < 4.78 is 1.96. The number of likely N-dealkylation sites (tertiary alicyclic amines) is 1. The van der Waals surface area contributed by atoms with Crippen LogP contribution in [0.2, 0.25) is 0 Å². The molecule has 0 bridgehead atoms. The Labute approximate surface area is 153 Å². The molecule has 5 heteroatoms. The molecule has 1 aromatic carbocycles. The number of nitrogens with zero attached hydrogens (tertiary/aromatic N) is 4. The van der Waals surface area contributed by atoms with E-state index < -0.39 is 0 Å². The van der Waals surface area contributed by atoms with Crippen molar-refractivity contribution in [2.45, 2.75) is 25.8 Å². The van der Waals surface area contributed by atoms with E-state index in [4.69, 9.17) is 0 Å². The molecule has 1 aliphatic rings. The maximum absolute atomic E-state index is 13.0. The molecule has 3 heterocycles. The van der Waals surface area contributed by atoms with Crippen molar-refractivity contribution in [3.8, 4) is 11.3 Å². The zero-order valence-corrected chi connectivity index (χ0v) is 14.9. The van der Waals surface area contributed by atoms with Gasteiger partial charge in [-0.05, 0) is 38.0 Å². The Kier molecular flexibility index (Phi) is 4.52. The number of carbonyl (C=O) groups is 1. The quantitative estimate of drug-likeness (QED) is 0.726. The first-order valence-electron chi connectivity index (χ1n) is 9.04. The van der Waals surface area contributed by atoms with E-state index >= 15 is 0 Å². The summed E-state index contributed by atoms with van der Waals surface area (Å²) in [4.78, 5) is 19.6. The van der Waals surface area contributed by atoms with E-state index in [0.29, 0.717) is 12.1 Å². The SMILES string of the molecule is Cc1nc(-c2ccccc2)ccc1C(=O)N1CCC[C@H](n2cccn2)C1. The molecule has 0 aliphatic carbocycles. The molecule has 1 fully saturated rings. The monoisotopic (exact) mass is 346 g/mol. The lowest BCUT2D eigenvalue weighted by molar-refractivity contribution is 0.0671. The van der Waals surface area contributed by atoms with Crippen molar-refractivity contribution >= 4 is 5.91 Å². The molecule has 0 radical (unpaired) electrons. The van der Waals surface area contributed by atoms with Crippen LogP contribution < -0.4 is 0 Å². The average molecular weight is 346 g/mol. The van der Waals surface area contributed by atoms with E-state index in [2.05, 4.69) is 10.1 Å². The number of rotatable bonds is 3. The van der Waals surface area contributed by atoms with Gasteiger partial charge in [0.2, 0.25) is 0 Å². The van der Waals surface area contributed by atoms with Gasteiger partial charge in [0.15, 0.2) is 0 Å². The lowest BCUT2D eigenvalue weighted by Gasteiger charge is -2.33. The molecule has 0 unspecified atom stereocenters. The number of pyridine rings is 1. The maximum Gasteiger partial charge on any atom is 0.255 e. The summed E-state index contributed by atoms with van der Waals surface area (Å²) in [6.45, 7) is 3.39. The second kappa shape index (κ2) is 7.12. The van der Waals surface area contributed by atoms with Crippen molar-refractivity contribution in [3.63, 3.8) is 0 Å². The van der Waals surface area contributed by atoms with Crippen molar-refractivity contribution in [1.82, 2.24) is 19.7 Å². The standard InChI is InChI=1S/C21H22N4O/c1-16-19(10-11-20(23-16)17-7-3-2-4-8-17)21(26)24-13-5-9-18(15-24)25-14-6-12-22-25/h2-4,6-8,10-12,14,18H,5,9,13,15H2,1H3/t18-/m0/s1. The molecule has 3 aromatic rings. The van der Waals surface area contributed by atoms with Crippen LogP contribution in [0, 0.1) is 6.92 Å². The zero-order chi connectivity index (χ0) is 17.9. The van der Waals surface area contributed by atoms with Crippen LogP contribution >= 0.6 is 0 Å². The summed E-state index contributed by atoms with van der Waals surface area (Å²) in [5, 5.41) is 4.34. The van der Waals surface area contributed by atoms with Crippen molar-refractivity contribution < 1.29 is 4.79 Å². The van der Waals surface area contributed by atoms with Gasteiger partial charge in [0.1, 0.15) is 0 Å². The fourth-order valence-electron chi connectivity index (χ4n) is 3.58. The van der Waals surface area contributed by atoms with Crippen LogP contribution in [0.4, 0.5) is 0 Å². The Bertz CT molecular complexity index is 890. The number of aryl methyl sites for hydroxylation is 1. The molecular weight excluding hydrogens is 324 g/mol. The van der Waals surface area contributed by atoms with Gasteiger partial charge in [-0.3, -0.25) is 14.5 Å². The van der Waals surface area contributed by atoms with Crippen LogP contribution in [0.5, 0.6) is 0 Å². The van der Waals surface area contributed by atoms with Crippen molar-refractivity contribution in [2.24, 2.45) is 0 Å². The Morgan fingerprint density at radius 2 is 1.96 bits per heavy atom. The summed E-state index contributed by atoms with van der Waals surface area (Å²) >= 11 is 0. The summed E-state index contributed by atoms with van der Waals surface area (Å²) in [7, 11) is 0. The van der Waals surface area contributed by atoms with Gasteiger partial charge in [0, 0.05) is 31.0 Å². The van der Waals surface area contributed by atoms with Gasteiger partial charge in [-0.1, -0.05) is 30.3 Å². The van der Waals surface area contributed by atoms with Gasteiger partial charge in [-0.2, -0.15) is 5.10 Å². The van der Waals surface area contributed by atoms with Crippen LogP contribution in [0.1, 0.15) is 34.9 Å². The Balaban J connectivity index is 1.54. The number of hydrogen-bond acceptors (Lipinski definition) is 3. The number of benzene rings is 1. The first-order chi connectivity index (χ1) is 12.7. The highest BCUT2D eigenvalue weighted by Gasteiger charge is 2.26. The van der Waals surface area contributed by atoms with Crippen molar-refractivity contribution in [2.75, 3.05) is 13.1 Å². The number of amides is 1. The highest BCUT2D eigenvalue weighted by molar-refractivity contribution is 5.95. The van der Waals surface area contributed by atoms with Crippen molar-refractivity contribution in [3.05, 3.63) is 72.2 Å². The van der Waals surface area contributed by atoms with Gasteiger partial charge >= 0.3 is 0 Å². The fourth-order valence-corrected chi connectivity index (χ4v) is 3.58. The summed E-state index contributed by atoms with van der Waals surface area (Å²) in [5.41, 5.74) is 3.42. The topological polar surface area (TPSA) is 51.0 Å². The molecule has 1 amide bonds. The van der Waals surface area contributed by atoms with Gasteiger partial charge < -0.3 is 4.90 Å². The van der Waals surface area contributed by atoms with Crippen LogP contribution in [0.15, 0.2) is 60.9 Å². The third kappa shape index (κ3) is 3.25. The normalized spacial score (nSPS) is 17.3. The van der Waals surface area contributed by atoms with Crippen molar-refractivity contribution in [1.29, 1.82) is 0 Å². The molecule has 2 aromatic heterocycles. The van der Waals surface area contributed by atoms with E-state index in [1.165, 1.54) is 0 Å². The molecule has 0 spiro atoms. The predicted octanol–water partition coefficient (Wildman–Crippen LogP) is 3.73. The van der Waals surface area contributed by atoms with Crippen LogP contribution in [-0.2, 0) is 0 Å². The third-order valence-corrected chi connectivity index (χ3v) is 4.97. The Morgan fingerprint density at radius 1 is 1.12 bits per heavy atom. The van der Waals surface area contributed by atoms with E-state index in [9.17, 15) is 4.79 Å². The number of piperidine rings is 1. The largest absolute Gasteiger partial charge is 0.336 e. The lowest BCUT2D eigenvalue weighted by Crippen LogP contribution is -2.41. The minimum absolute atomic E-state index is 0.0615. The first kappa shape index (κ1) is 16.5. The second-order valence-corrected chi connectivity index (χ2v) is 6.73. The lowest BCUT2D eigenvalue weighted by atomic mass is 10.0. The van der Waals surface area contributed by atoms with Gasteiger partial charge in [-0.15, -0.1) is 0 Å². The molecule has 1 saturated heterocycles. The molecule has 1 aliphatic heterocycles. The summed E-state index contributed by atoms with van der Waals surface area (Å²) in [5.74, 6) is 0.0615. The second-order valence-electron chi connectivity index (χ2n) is 6.73. The molecule has 5 nitrogen and oxygen atoms in total. The van der Waals surface area contributed by atoms with Crippen LogP contribution in [0.3, 0.4) is 0 Å². The molecule has 26 heavy (non-hydrogen) atoms. The minimum atomic E-state index is 0.0615. The highest BCUT2D eigenvalue weighted by Crippen LogP contribution is 2.24. The predicted molar refractivity (Wildman–Crippen MR) is 101 cm³/mol. The van der Waals surface area contributed by atoms with Gasteiger partial charge in [-0.25, -0.2) is 0 Å². The molecular formula is C21H22N4O. The number of hydrogen-bond donors (Lipinski definition) is 0. The molecule has 0 N–H and O–H groups in total. The van der Waals surface area contributed by atoms with Crippen LogP contribution in [-0.4, -0.2) is 38.7 Å². The van der Waals surface area contributed by atoms with E-state index in [-0.39, 0.29) is 11.9 Å². The van der Waals surface area contributed by atoms with E-state index in [0.717, 1.165) is 36.3 Å². The zero-order valence-electron chi connectivity index (χ0n) is 14.9. The average Bonchev–Trinajstić information content (AvgIpc) is 3.23. The number of aromatic nitrogens is 3. The van der Waals surface area contributed by atoms with Gasteiger partial charge in [0.05, 0.1) is 23.0 Å². The molecule has 4 rings (SSSR count). The molecule has 132 valence electrons. The van der Waals surface area contributed by atoms with E-state index in [1.807, 2.05) is 71.2 Å². The summed E-state index contributed by atoms with van der Waals surface area (Å²) in [6.07, 6.45) is 5.80. The molecule has 0 saturated carbocycles. The third-order valence-electron chi connectivity index (χ3n) is 4.97. The molecule has 1 atom stereocenters. The Hall–Kier alpha value is -2.95. The van der Waals surface area contributed by atoms with Crippen LogP contribution in [0.25, 0.3) is 11.3 Å². The minimum Gasteiger partial charge on any atom is -0.336 e. The van der Waals surface area contributed by atoms with E-state index in [1.54, 1.807) is 6.20 Å². The number of carbonyl (C=O) groups excluding carboxylic acids is 1. The highest BCUT2D eigenvalue weighted by atomic mass is 16.2. The Morgan fingerprint density at radius 3 is 2.69 bits per heavy atom. The smallest absolute Gasteiger partial charge is 0.255 e. The first-order valence-corrected chi connectivity index (χ1v) is 9.04. The maximum atomic E-state index is 13.0. The van der Waals surface area contributed by atoms with Gasteiger partial charge in [0.25, 0.3) is 5.91 Å².